The number of unbranched alkanes of at least 4 members (excludes halogenated alkanes) is 1. The zero-order valence-corrected chi connectivity index (χ0v) is 25.5. The third kappa shape index (κ3) is 9.66. The van der Waals surface area contributed by atoms with E-state index in [-0.39, 0.29) is 12.5 Å². The predicted octanol–water partition coefficient (Wildman–Crippen LogP) is 6.38. The quantitative estimate of drug-likeness (QED) is 0.183. The van der Waals surface area contributed by atoms with E-state index in [2.05, 4.69) is 30.1 Å². The monoisotopic (exact) mass is 553 g/mol. The molecule has 1 amide bonds. The van der Waals surface area contributed by atoms with Crippen LogP contribution in [0, 0.1) is 13.8 Å². The molecular weight excluding hydrogens is 506 g/mol. The molecule has 0 atom stereocenters. The van der Waals surface area contributed by atoms with E-state index in [9.17, 15) is 14.7 Å². The third-order valence-corrected chi connectivity index (χ3v) is 6.61. The van der Waals surface area contributed by atoms with Crippen molar-refractivity contribution in [1.82, 2.24) is 15.2 Å². The number of carboxylic acids is 1. The molecule has 1 heterocycles. The van der Waals surface area contributed by atoms with E-state index in [4.69, 9.17) is 14.1 Å². The summed E-state index contributed by atoms with van der Waals surface area (Å²) in [7, 11) is 0. The van der Waals surface area contributed by atoms with Gasteiger partial charge in [-0.2, -0.15) is 0 Å². The van der Waals surface area contributed by atoms with Crippen molar-refractivity contribution in [3.63, 3.8) is 0 Å². The van der Waals surface area contributed by atoms with E-state index < -0.39 is 11.6 Å². The predicted molar refractivity (Wildman–Crippen MR) is 159 cm³/mol. The summed E-state index contributed by atoms with van der Waals surface area (Å²) < 4.78 is 11.9. The SMILES string of the molecule is CC/C=C\C=C(/C)c1nc(CN(CC(=O)NCCCC)Cc2cc(C)c(OC(C)(C)C(=O)O)c(CC)c2)c(C)o1. The van der Waals surface area contributed by atoms with E-state index in [0.29, 0.717) is 37.7 Å². The Balaban J connectivity index is 2.36. The number of benzene rings is 1. The van der Waals surface area contributed by atoms with Gasteiger partial charge in [-0.3, -0.25) is 9.69 Å². The van der Waals surface area contributed by atoms with Crippen molar-refractivity contribution in [3.05, 3.63) is 64.4 Å². The van der Waals surface area contributed by atoms with Gasteiger partial charge in [-0.1, -0.05) is 57.6 Å². The maximum atomic E-state index is 12.8. The molecule has 220 valence electrons. The van der Waals surface area contributed by atoms with E-state index in [1.807, 2.05) is 52.0 Å². The van der Waals surface area contributed by atoms with Crippen LogP contribution in [-0.2, 0) is 29.1 Å². The van der Waals surface area contributed by atoms with E-state index in [0.717, 1.165) is 53.0 Å². The number of hydrogen-bond acceptors (Lipinski definition) is 6. The van der Waals surface area contributed by atoms with Crippen LogP contribution in [0.5, 0.6) is 5.75 Å². The van der Waals surface area contributed by atoms with Gasteiger partial charge >= 0.3 is 5.97 Å². The molecule has 0 aliphatic carbocycles. The highest BCUT2D eigenvalue weighted by atomic mass is 16.5. The molecule has 0 bridgehead atoms. The molecule has 0 saturated heterocycles. The van der Waals surface area contributed by atoms with Gasteiger partial charge in [-0.15, -0.1) is 0 Å². The van der Waals surface area contributed by atoms with Gasteiger partial charge in [0.1, 0.15) is 11.5 Å². The lowest BCUT2D eigenvalue weighted by molar-refractivity contribution is -0.152. The Labute approximate surface area is 239 Å². The molecule has 2 rings (SSSR count). The second-order valence-corrected chi connectivity index (χ2v) is 10.7. The summed E-state index contributed by atoms with van der Waals surface area (Å²) in [5.74, 6) is 0.841. The van der Waals surface area contributed by atoms with Crippen molar-refractivity contribution in [3.8, 4) is 5.75 Å². The van der Waals surface area contributed by atoms with Crippen LogP contribution in [0.2, 0.25) is 0 Å². The number of nitrogens with zero attached hydrogens (tertiary/aromatic N) is 2. The van der Waals surface area contributed by atoms with Crippen molar-refractivity contribution in [2.45, 2.75) is 99.8 Å². The molecule has 2 N–H and O–H groups in total. The minimum Gasteiger partial charge on any atom is -0.478 e. The van der Waals surface area contributed by atoms with Gasteiger partial charge < -0.3 is 19.6 Å². The number of amides is 1. The van der Waals surface area contributed by atoms with Crippen molar-refractivity contribution >= 4 is 17.4 Å². The van der Waals surface area contributed by atoms with Gasteiger partial charge in [-0.25, -0.2) is 9.78 Å². The number of ether oxygens (including phenoxy) is 1. The van der Waals surface area contributed by atoms with E-state index in [1.54, 1.807) is 13.8 Å². The van der Waals surface area contributed by atoms with Crippen LogP contribution in [0.1, 0.15) is 94.8 Å². The lowest BCUT2D eigenvalue weighted by Gasteiger charge is -2.26. The Hall–Kier alpha value is -3.39. The largest absolute Gasteiger partial charge is 0.478 e. The van der Waals surface area contributed by atoms with Crippen molar-refractivity contribution < 1.29 is 23.8 Å². The van der Waals surface area contributed by atoms with Crippen LogP contribution >= 0.6 is 0 Å². The smallest absolute Gasteiger partial charge is 0.347 e. The van der Waals surface area contributed by atoms with Gasteiger partial charge in [0.2, 0.25) is 11.8 Å². The molecule has 0 unspecified atom stereocenters. The topological polar surface area (TPSA) is 105 Å². The van der Waals surface area contributed by atoms with Crippen LogP contribution < -0.4 is 10.1 Å². The standard InChI is InChI=1S/C32H47N3O5/c1-9-12-14-15-22(4)30-34-27(24(6)39-30)20-35(21-28(36)33-16-13-10-2)19-25-17-23(5)29(26(11-3)18-25)40-32(7,8)31(37)38/h12,14-15,17-18H,9-11,13,16,19-21H2,1-8H3,(H,33,36)(H,37,38)/b14-12-,22-15+. The molecule has 1 aromatic carbocycles. The molecule has 0 saturated carbocycles. The number of carbonyl (C=O) groups excluding carboxylic acids is 1. The van der Waals surface area contributed by atoms with Crippen LogP contribution in [0.3, 0.4) is 0 Å². The number of nitrogens with one attached hydrogen (secondary N) is 1. The minimum atomic E-state index is -1.35. The van der Waals surface area contributed by atoms with E-state index in [1.165, 1.54) is 0 Å². The number of allylic oxidation sites excluding steroid dienone is 4. The number of hydrogen-bond donors (Lipinski definition) is 2. The Morgan fingerprint density at radius 2 is 1.90 bits per heavy atom. The summed E-state index contributed by atoms with van der Waals surface area (Å²) in [5, 5.41) is 12.6. The molecule has 0 aliphatic heterocycles. The van der Waals surface area contributed by atoms with Gasteiger partial charge in [0.25, 0.3) is 0 Å². The first kappa shape index (κ1) is 32.8. The summed E-state index contributed by atoms with van der Waals surface area (Å²) in [6.45, 7) is 16.9. The Morgan fingerprint density at radius 3 is 2.52 bits per heavy atom. The molecule has 1 aromatic heterocycles. The molecule has 40 heavy (non-hydrogen) atoms. The molecule has 0 aliphatic rings. The first-order valence-corrected chi connectivity index (χ1v) is 14.3. The summed E-state index contributed by atoms with van der Waals surface area (Å²) in [5.41, 5.74) is 3.18. The van der Waals surface area contributed by atoms with Gasteiger partial charge in [0, 0.05) is 25.2 Å². The highest BCUT2D eigenvalue weighted by molar-refractivity contribution is 5.78. The van der Waals surface area contributed by atoms with Gasteiger partial charge in [-0.05, 0) is 70.6 Å². The van der Waals surface area contributed by atoms with Gasteiger partial charge in [0.05, 0.1) is 12.2 Å². The summed E-state index contributed by atoms with van der Waals surface area (Å²) in [6, 6.07) is 4.04. The van der Waals surface area contributed by atoms with Crippen LogP contribution in [0.25, 0.3) is 5.57 Å². The number of aryl methyl sites for hydroxylation is 3. The number of aliphatic carboxylic acids is 1. The molecule has 8 heteroatoms. The number of carboxylic acid groups (broad SMARTS) is 1. The van der Waals surface area contributed by atoms with Crippen LogP contribution in [0.4, 0.5) is 0 Å². The van der Waals surface area contributed by atoms with Crippen LogP contribution in [-0.4, -0.2) is 45.6 Å². The molecule has 2 aromatic rings. The fraction of sp³-hybridized carbons (Fsp3) is 0.531. The molecule has 0 radical (unpaired) electrons. The Kier molecular flexibility index (Phi) is 12.6. The summed E-state index contributed by atoms with van der Waals surface area (Å²) >= 11 is 0. The second-order valence-electron chi connectivity index (χ2n) is 10.7. The second kappa shape index (κ2) is 15.4. The maximum absolute atomic E-state index is 12.8. The molecule has 8 nitrogen and oxygen atoms in total. The average molecular weight is 554 g/mol. The van der Waals surface area contributed by atoms with Crippen molar-refractivity contribution in [2.24, 2.45) is 0 Å². The number of aromatic nitrogens is 1. The lowest BCUT2D eigenvalue weighted by Crippen LogP contribution is -2.38. The normalized spacial score (nSPS) is 12.4. The Bertz CT molecular complexity index is 1210. The van der Waals surface area contributed by atoms with E-state index >= 15 is 0 Å². The zero-order valence-electron chi connectivity index (χ0n) is 25.5. The Morgan fingerprint density at radius 1 is 1.18 bits per heavy atom. The molecular formula is C32H47N3O5. The van der Waals surface area contributed by atoms with Crippen molar-refractivity contribution in [1.29, 1.82) is 0 Å². The van der Waals surface area contributed by atoms with Crippen molar-refractivity contribution in [2.75, 3.05) is 13.1 Å². The third-order valence-electron chi connectivity index (χ3n) is 6.61. The highest BCUT2D eigenvalue weighted by Gasteiger charge is 2.31. The number of oxazole rings is 1. The first-order chi connectivity index (χ1) is 18.9. The minimum absolute atomic E-state index is 0.0359. The fourth-order valence-electron chi connectivity index (χ4n) is 4.19. The average Bonchev–Trinajstić information content (AvgIpc) is 3.25. The van der Waals surface area contributed by atoms with Crippen LogP contribution in [0.15, 0.2) is 34.8 Å². The molecule has 0 fully saturated rings. The number of carbonyl (C=O) groups is 2. The highest BCUT2D eigenvalue weighted by Crippen LogP contribution is 2.30. The van der Waals surface area contributed by atoms with Gasteiger partial charge in [0.15, 0.2) is 5.60 Å². The zero-order chi connectivity index (χ0) is 29.9. The summed E-state index contributed by atoms with van der Waals surface area (Å²) in [4.78, 5) is 31.3. The summed E-state index contributed by atoms with van der Waals surface area (Å²) in [6.07, 6.45) is 9.65. The first-order valence-electron chi connectivity index (χ1n) is 14.3. The molecule has 0 spiro atoms. The maximum Gasteiger partial charge on any atom is 0.347 e. The lowest BCUT2D eigenvalue weighted by atomic mass is 10.0. The fourth-order valence-corrected chi connectivity index (χ4v) is 4.19. The number of rotatable bonds is 16.